The van der Waals surface area contributed by atoms with E-state index in [2.05, 4.69) is 20.8 Å². The third-order valence-corrected chi connectivity index (χ3v) is 8.37. The third-order valence-electron chi connectivity index (χ3n) is 8.37. The molecule has 12 nitrogen and oxygen atoms in total. The average molecular weight is 652 g/mol. The number of hydrogen-bond donors (Lipinski definition) is 2. The van der Waals surface area contributed by atoms with Gasteiger partial charge in [0, 0.05) is 43.9 Å². The second kappa shape index (κ2) is 13.0. The van der Waals surface area contributed by atoms with Gasteiger partial charge in [-0.15, -0.1) is 0 Å². The number of methoxy groups -OCH3 is 1. The molecular weight excluding hydrogens is 621 g/mol. The number of fused-ring (bicyclic) bond motifs is 8. The molecule has 1 saturated heterocycles. The van der Waals surface area contributed by atoms with Crippen LogP contribution in [0.5, 0.6) is 17.2 Å². The average Bonchev–Trinajstić information content (AvgIpc) is 3.54. The number of halogens is 1. The van der Waals surface area contributed by atoms with E-state index in [4.69, 9.17) is 18.7 Å². The summed E-state index contributed by atoms with van der Waals surface area (Å²) < 4.78 is 38.3. The predicted molar refractivity (Wildman–Crippen MR) is 170 cm³/mol. The lowest BCUT2D eigenvalue weighted by Gasteiger charge is -2.38. The number of carbonyl (C=O) groups excluding carboxylic acids is 3. The van der Waals surface area contributed by atoms with Gasteiger partial charge in [-0.25, -0.2) is 9.37 Å². The quantitative estimate of drug-likeness (QED) is 0.288. The first-order chi connectivity index (χ1) is 23.4. The van der Waals surface area contributed by atoms with Gasteiger partial charge < -0.3 is 34.3 Å². The molecule has 2 atom stereocenters. The zero-order valence-electron chi connectivity index (χ0n) is 25.8. The van der Waals surface area contributed by atoms with Gasteiger partial charge in [-0.3, -0.25) is 14.4 Å². The predicted octanol–water partition coefficient (Wildman–Crippen LogP) is 4.14. The molecule has 0 radical (unpaired) electrons. The number of carbonyl (C=O) groups is 3. The van der Waals surface area contributed by atoms with E-state index in [1.54, 1.807) is 71.8 Å². The molecule has 3 aliphatic heterocycles. The van der Waals surface area contributed by atoms with Crippen LogP contribution >= 0.6 is 0 Å². The highest BCUT2D eigenvalue weighted by molar-refractivity contribution is 6.03. The van der Waals surface area contributed by atoms with Gasteiger partial charge in [-0.1, -0.05) is 23.4 Å². The maximum Gasteiger partial charge on any atom is 0.293 e. The summed E-state index contributed by atoms with van der Waals surface area (Å²) in [6.07, 6.45) is 1.28. The van der Waals surface area contributed by atoms with Crippen LogP contribution in [0.1, 0.15) is 32.9 Å². The maximum absolute atomic E-state index is 15.2. The molecule has 5 aromatic rings. The third kappa shape index (κ3) is 6.21. The molecule has 6 bridgehead atoms. The Balaban J connectivity index is 1.24. The molecule has 1 fully saturated rings. The van der Waals surface area contributed by atoms with Crippen LogP contribution in [0.25, 0.3) is 22.2 Å². The van der Waals surface area contributed by atoms with Crippen molar-refractivity contribution >= 4 is 28.8 Å². The fourth-order valence-corrected chi connectivity index (χ4v) is 5.88. The first-order valence-corrected chi connectivity index (χ1v) is 15.3. The Morgan fingerprint density at radius 1 is 1.02 bits per heavy atom. The monoisotopic (exact) mass is 651 g/mol. The molecule has 2 N–H and O–H groups in total. The zero-order valence-corrected chi connectivity index (χ0v) is 25.8. The molecule has 0 saturated carbocycles. The van der Waals surface area contributed by atoms with Crippen LogP contribution in [-0.4, -0.2) is 71.7 Å². The molecule has 5 heterocycles. The highest BCUT2D eigenvalue weighted by Crippen LogP contribution is 2.30. The molecule has 48 heavy (non-hydrogen) atoms. The number of benzene rings is 3. The van der Waals surface area contributed by atoms with E-state index in [1.165, 1.54) is 19.2 Å². The Morgan fingerprint density at radius 3 is 2.77 bits per heavy atom. The summed E-state index contributed by atoms with van der Waals surface area (Å²) in [6.45, 7) is 0.284. The van der Waals surface area contributed by atoms with Gasteiger partial charge in [-0.2, -0.15) is 0 Å². The molecule has 3 amide bonds. The Kier molecular flexibility index (Phi) is 8.32. The minimum absolute atomic E-state index is 0.0353. The summed E-state index contributed by atoms with van der Waals surface area (Å²) in [4.78, 5) is 45.7. The highest BCUT2D eigenvalue weighted by Gasteiger charge is 2.37. The Morgan fingerprint density at radius 2 is 1.90 bits per heavy atom. The number of ether oxygens (including phenoxy) is 3. The summed E-state index contributed by atoms with van der Waals surface area (Å²) in [5.41, 5.74) is 2.05. The maximum atomic E-state index is 15.2. The van der Waals surface area contributed by atoms with Crippen molar-refractivity contribution in [2.45, 2.75) is 25.1 Å². The zero-order chi connectivity index (χ0) is 33.2. The molecular formula is C35H30FN5O7. The number of aromatic nitrogens is 2. The van der Waals surface area contributed by atoms with Gasteiger partial charge in [-0.05, 0) is 59.7 Å². The Labute approximate surface area is 273 Å². The smallest absolute Gasteiger partial charge is 0.293 e. The van der Waals surface area contributed by atoms with E-state index in [-0.39, 0.29) is 43.5 Å². The fourth-order valence-electron chi connectivity index (χ4n) is 5.88. The normalized spacial score (nSPS) is 18.2. The summed E-state index contributed by atoms with van der Waals surface area (Å²) in [7, 11) is 1.51. The van der Waals surface area contributed by atoms with Crippen LogP contribution in [0, 0.1) is 5.82 Å². The first kappa shape index (κ1) is 30.7. The van der Waals surface area contributed by atoms with Crippen molar-refractivity contribution in [1.82, 2.24) is 25.7 Å². The van der Waals surface area contributed by atoms with Gasteiger partial charge >= 0.3 is 0 Å². The van der Waals surface area contributed by atoms with E-state index in [0.29, 0.717) is 51.4 Å². The Bertz CT molecular complexity index is 2030. The molecule has 0 aliphatic carbocycles. The van der Waals surface area contributed by atoms with Gasteiger partial charge in [0.15, 0.2) is 6.61 Å². The molecule has 0 unspecified atom stereocenters. The number of hydrogen-bond acceptors (Lipinski definition) is 9. The highest BCUT2D eigenvalue weighted by atomic mass is 19.1. The molecule has 0 spiro atoms. The lowest BCUT2D eigenvalue weighted by atomic mass is 9.99. The van der Waals surface area contributed by atoms with Crippen LogP contribution in [0.15, 0.2) is 83.5 Å². The van der Waals surface area contributed by atoms with Gasteiger partial charge in [0.1, 0.15) is 29.2 Å². The fraction of sp³-hybridized carbons (Fsp3) is 0.229. The number of likely N-dealkylation sites (tertiary alicyclic amines) is 1. The second-order valence-corrected chi connectivity index (χ2v) is 11.4. The standard InChI is InChI=1S/C35H30FN5O7/c1-45-30-16-24-9-7-22(30)17-38-31(42)19-46-23-5-2-4-20(14-23)21-8-10-27(36)26(15-21)34(43)39-28-18-41(13-11-29(28)47-24)35(44)32-25-6-3-12-37-33(25)40-48-32/h2-10,12,14-16,28-29H,11,13,17-19H2,1H3,(H,38,42)(H,39,43)/t28-,29+/m1/s1. The molecule has 2 aromatic heterocycles. The van der Waals surface area contributed by atoms with Gasteiger partial charge in [0.2, 0.25) is 11.4 Å². The second-order valence-electron chi connectivity index (χ2n) is 11.4. The molecule has 13 heteroatoms. The van der Waals surface area contributed by atoms with Crippen molar-refractivity contribution in [2.24, 2.45) is 0 Å². The van der Waals surface area contributed by atoms with Crippen LogP contribution in [0.4, 0.5) is 4.39 Å². The van der Waals surface area contributed by atoms with E-state index in [1.807, 2.05) is 0 Å². The van der Waals surface area contributed by atoms with E-state index in [9.17, 15) is 14.4 Å². The number of nitrogens with one attached hydrogen (secondary N) is 2. The van der Waals surface area contributed by atoms with Crippen molar-refractivity contribution in [1.29, 1.82) is 0 Å². The number of amides is 3. The van der Waals surface area contributed by atoms with E-state index < -0.39 is 29.8 Å². The lowest BCUT2D eigenvalue weighted by molar-refractivity contribution is -0.123. The number of piperidine rings is 1. The summed E-state index contributed by atoms with van der Waals surface area (Å²) in [5.74, 6) is -0.765. The van der Waals surface area contributed by atoms with Gasteiger partial charge in [0.05, 0.1) is 24.1 Å². The largest absolute Gasteiger partial charge is 0.496 e. The lowest BCUT2D eigenvalue weighted by Crippen LogP contribution is -2.58. The Hall–Kier alpha value is -5.98. The molecule has 3 aromatic carbocycles. The number of rotatable bonds is 2. The molecule has 3 aliphatic rings. The minimum atomic E-state index is -0.752. The van der Waals surface area contributed by atoms with Crippen molar-refractivity contribution in [3.63, 3.8) is 0 Å². The minimum Gasteiger partial charge on any atom is -0.496 e. The van der Waals surface area contributed by atoms with Crippen LogP contribution in [0.2, 0.25) is 0 Å². The first-order valence-electron chi connectivity index (χ1n) is 15.3. The van der Waals surface area contributed by atoms with E-state index >= 15 is 4.39 Å². The van der Waals surface area contributed by atoms with E-state index in [0.717, 1.165) is 0 Å². The topological polar surface area (TPSA) is 145 Å². The van der Waals surface area contributed by atoms with Crippen molar-refractivity contribution in [2.75, 3.05) is 26.8 Å². The van der Waals surface area contributed by atoms with Crippen molar-refractivity contribution in [3.05, 3.63) is 102 Å². The van der Waals surface area contributed by atoms with Crippen LogP contribution < -0.4 is 24.8 Å². The number of nitrogens with zero attached hydrogens (tertiary/aromatic N) is 3. The van der Waals surface area contributed by atoms with Crippen molar-refractivity contribution in [3.8, 4) is 28.4 Å². The van der Waals surface area contributed by atoms with Gasteiger partial charge in [0.25, 0.3) is 17.7 Å². The summed E-state index contributed by atoms with van der Waals surface area (Å²) >= 11 is 0. The number of pyridine rings is 1. The van der Waals surface area contributed by atoms with Crippen LogP contribution in [-0.2, 0) is 11.3 Å². The van der Waals surface area contributed by atoms with Crippen molar-refractivity contribution < 1.29 is 37.5 Å². The summed E-state index contributed by atoms with van der Waals surface area (Å²) in [6, 6.07) is 19.0. The summed E-state index contributed by atoms with van der Waals surface area (Å²) in [5, 5.41) is 10.1. The van der Waals surface area contributed by atoms with Crippen LogP contribution in [0.3, 0.4) is 0 Å². The molecule has 8 rings (SSSR count). The molecule has 244 valence electrons. The SMILES string of the molecule is COc1cc2ccc1CNC(=O)COc1cccc(c1)-c1ccc(F)c(c1)C(=O)N[C@@H]1CN(C(=O)c3onc4ncccc34)CC[C@@H]1O2.